The van der Waals surface area contributed by atoms with Crippen LogP contribution in [0.15, 0.2) is 30.5 Å². The summed E-state index contributed by atoms with van der Waals surface area (Å²) in [6.07, 6.45) is 2.18. The number of rotatable bonds is 5. The second-order valence-corrected chi connectivity index (χ2v) is 7.57. The van der Waals surface area contributed by atoms with E-state index in [0.29, 0.717) is 23.0 Å². The van der Waals surface area contributed by atoms with Crippen LogP contribution in [-0.2, 0) is 20.8 Å². The molecular weight excluding hydrogens is 435 g/mol. The molecule has 11 heteroatoms. The third-order valence-electron chi connectivity index (χ3n) is 4.37. The molecule has 1 aliphatic heterocycles. The Morgan fingerprint density at radius 3 is 2.20 bits per heavy atom. The van der Waals surface area contributed by atoms with Gasteiger partial charge in [0.05, 0.1) is 34.4 Å². The SMILES string of the molecule is CN1CCN(CC(=O)Cc2ccn(-c3ccc(Cl)c(Cl)c3)n2)CC1.O=C(O)C(=O)O. The number of aromatic nitrogens is 2. The van der Waals surface area contributed by atoms with E-state index in [4.69, 9.17) is 43.0 Å². The van der Waals surface area contributed by atoms with E-state index < -0.39 is 11.9 Å². The third kappa shape index (κ3) is 7.42. The van der Waals surface area contributed by atoms with E-state index in [1.807, 2.05) is 18.3 Å². The van der Waals surface area contributed by atoms with Crippen LogP contribution in [0.2, 0.25) is 10.0 Å². The van der Waals surface area contributed by atoms with Gasteiger partial charge in [0.25, 0.3) is 0 Å². The maximum atomic E-state index is 12.3. The van der Waals surface area contributed by atoms with Gasteiger partial charge >= 0.3 is 11.9 Å². The zero-order valence-electron chi connectivity index (χ0n) is 16.3. The first kappa shape index (κ1) is 23.8. The lowest BCUT2D eigenvalue weighted by Crippen LogP contribution is -2.46. The van der Waals surface area contributed by atoms with Gasteiger partial charge in [-0.2, -0.15) is 5.10 Å². The number of Topliss-reactive ketones (excluding diaryl/α,β-unsaturated/α-hetero) is 1. The monoisotopic (exact) mass is 456 g/mol. The first-order valence-electron chi connectivity index (χ1n) is 9.04. The molecule has 162 valence electrons. The molecule has 1 aliphatic rings. The summed E-state index contributed by atoms with van der Waals surface area (Å²) < 4.78 is 1.71. The van der Waals surface area contributed by atoms with Crippen molar-refractivity contribution in [2.24, 2.45) is 0 Å². The molecule has 1 fully saturated rings. The number of carbonyl (C=O) groups is 3. The number of halogens is 2. The first-order chi connectivity index (χ1) is 14.2. The highest BCUT2D eigenvalue weighted by Crippen LogP contribution is 2.24. The molecule has 2 aromatic rings. The van der Waals surface area contributed by atoms with Gasteiger partial charge < -0.3 is 15.1 Å². The summed E-state index contributed by atoms with van der Waals surface area (Å²) in [5.74, 6) is -3.45. The Hall–Kier alpha value is -2.46. The van der Waals surface area contributed by atoms with Gasteiger partial charge in [0.1, 0.15) is 0 Å². The highest BCUT2D eigenvalue weighted by atomic mass is 35.5. The second-order valence-electron chi connectivity index (χ2n) is 6.76. The van der Waals surface area contributed by atoms with Crippen LogP contribution in [0.3, 0.4) is 0 Å². The fourth-order valence-electron chi connectivity index (χ4n) is 2.74. The Balaban J connectivity index is 0.000000469. The minimum absolute atomic E-state index is 0.193. The molecule has 0 radical (unpaired) electrons. The van der Waals surface area contributed by atoms with E-state index in [2.05, 4.69) is 21.9 Å². The van der Waals surface area contributed by atoms with Gasteiger partial charge in [-0.05, 0) is 31.3 Å². The molecule has 1 aromatic heterocycles. The Bertz CT molecular complexity index is 898. The standard InChI is InChI=1S/C17H20Cl2N4O.C2H2O4/c1-21-6-8-22(9-7-21)12-15(24)10-13-4-5-23(20-13)14-2-3-16(18)17(19)11-14;3-1(4)2(5)6/h2-5,11H,6-10,12H2,1H3;(H,3,4)(H,5,6). The third-order valence-corrected chi connectivity index (χ3v) is 5.11. The number of benzene rings is 1. The molecule has 3 rings (SSSR count). The Morgan fingerprint density at radius 1 is 1.00 bits per heavy atom. The van der Waals surface area contributed by atoms with E-state index in [1.54, 1.807) is 16.8 Å². The molecule has 2 heterocycles. The van der Waals surface area contributed by atoms with Crippen molar-refractivity contribution in [2.75, 3.05) is 39.8 Å². The molecule has 0 bridgehead atoms. The van der Waals surface area contributed by atoms with Gasteiger partial charge in [-0.1, -0.05) is 23.2 Å². The number of aliphatic carboxylic acids is 2. The quantitative estimate of drug-likeness (QED) is 0.652. The summed E-state index contributed by atoms with van der Waals surface area (Å²) >= 11 is 12.0. The topological polar surface area (TPSA) is 116 Å². The fraction of sp³-hybridized carbons (Fsp3) is 0.368. The Morgan fingerprint density at radius 2 is 1.63 bits per heavy atom. The maximum absolute atomic E-state index is 12.3. The predicted molar refractivity (Wildman–Crippen MR) is 112 cm³/mol. The van der Waals surface area contributed by atoms with E-state index in [0.717, 1.165) is 37.6 Å². The lowest BCUT2D eigenvalue weighted by Gasteiger charge is -2.31. The van der Waals surface area contributed by atoms with Crippen LogP contribution in [-0.4, -0.2) is 87.3 Å². The van der Waals surface area contributed by atoms with Crippen LogP contribution < -0.4 is 0 Å². The number of carbonyl (C=O) groups excluding carboxylic acids is 1. The summed E-state index contributed by atoms with van der Waals surface area (Å²) in [6, 6.07) is 7.20. The Kier molecular flexibility index (Phi) is 8.79. The maximum Gasteiger partial charge on any atom is 0.414 e. The van der Waals surface area contributed by atoms with Gasteiger partial charge in [-0.25, -0.2) is 14.3 Å². The predicted octanol–water partition coefficient (Wildman–Crippen LogP) is 1.69. The number of hydrogen-bond donors (Lipinski definition) is 2. The highest BCUT2D eigenvalue weighted by Gasteiger charge is 2.17. The number of likely N-dealkylation sites (N-methyl/N-ethyl adjacent to an activating group) is 1. The van der Waals surface area contributed by atoms with Crippen LogP contribution in [0.25, 0.3) is 5.69 Å². The van der Waals surface area contributed by atoms with Crippen molar-refractivity contribution in [1.29, 1.82) is 0 Å². The molecule has 0 amide bonds. The van der Waals surface area contributed by atoms with Gasteiger partial charge in [0.15, 0.2) is 5.78 Å². The molecule has 1 aromatic carbocycles. The van der Waals surface area contributed by atoms with Crippen molar-refractivity contribution in [3.8, 4) is 5.69 Å². The lowest BCUT2D eigenvalue weighted by molar-refractivity contribution is -0.159. The molecule has 1 saturated heterocycles. The lowest BCUT2D eigenvalue weighted by atomic mass is 10.2. The zero-order valence-corrected chi connectivity index (χ0v) is 17.8. The van der Waals surface area contributed by atoms with Crippen molar-refractivity contribution in [3.63, 3.8) is 0 Å². The number of piperazine rings is 1. The fourth-order valence-corrected chi connectivity index (χ4v) is 3.03. The van der Waals surface area contributed by atoms with E-state index >= 15 is 0 Å². The van der Waals surface area contributed by atoms with Gasteiger partial charge in [0.2, 0.25) is 0 Å². The molecule has 0 saturated carbocycles. The van der Waals surface area contributed by atoms with E-state index in [-0.39, 0.29) is 5.78 Å². The summed E-state index contributed by atoms with van der Waals surface area (Å²) in [7, 11) is 2.11. The van der Waals surface area contributed by atoms with Crippen molar-refractivity contribution in [3.05, 3.63) is 46.2 Å². The number of ketones is 1. The van der Waals surface area contributed by atoms with Crippen molar-refractivity contribution < 1.29 is 24.6 Å². The Labute approximate surface area is 183 Å². The molecule has 0 spiro atoms. The van der Waals surface area contributed by atoms with Crippen LogP contribution in [0, 0.1) is 0 Å². The largest absolute Gasteiger partial charge is 0.473 e. The van der Waals surface area contributed by atoms with Gasteiger partial charge in [0, 0.05) is 32.4 Å². The zero-order chi connectivity index (χ0) is 22.3. The van der Waals surface area contributed by atoms with Crippen LogP contribution in [0.1, 0.15) is 5.69 Å². The van der Waals surface area contributed by atoms with Gasteiger partial charge in [-0.15, -0.1) is 0 Å². The number of nitrogens with zero attached hydrogens (tertiary/aromatic N) is 4. The molecule has 0 atom stereocenters. The molecule has 0 unspecified atom stereocenters. The van der Waals surface area contributed by atoms with Crippen molar-refractivity contribution in [1.82, 2.24) is 19.6 Å². The van der Waals surface area contributed by atoms with E-state index in [1.165, 1.54) is 0 Å². The smallest absolute Gasteiger partial charge is 0.414 e. The average molecular weight is 457 g/mol. The number of carboxylic acid groups (broad SMARTS) is 2. The summed E-state index contributed by atoms with van der Waals surface area (Å²) in [5.41, 5.74) is 1.59. The van der Waals surface area contributed by atoms with Crippen LogP contribution in [0.4, 0.5) is 0 Å². The molecule has 0 aliphatic carbocycles. The number of carboxylic acids is 2. The average Bonchev–Trinajstić information content (AvgIpc) is 3.14. The summed E-state index contributed by atoms with van der Waals surface area (Å²) in [5, 5.41) is 20.2. The minimum Gasteiger partial charge on any atom is -0.473 e. The van der Waals surface area contributed by atoms with E-state index in [9.17, 15) is 4.79 Å². The summed E-state index contributed by atoms with van der Waals surface area (Å²) in [4.78, 5) is 34.9. The van der Waals surface area contributed by atoms with Crippen molar-refractivity contribution >= 4 is 40.9 Å². The van der Waals surface area contributed by atoms with Crippen molar-refractivity contribution in [2.45, 2.75) is 6.42 Å². The summed E-state index contributed by atoms with van der Waals surface area (Å²) in [6.45, 7) is 4.41. The molecule has 2 N–H and O–H groups in total. The van der Waals surface area contributed by atoms with Crippen LogP contribution in [0.5, 0.6) is 0 Å². The minimum atomic E-state index is -1.82. The molecular formula is C19H22Cl2N4O5. The van der Waals surface area contributed by atoms with Crippen LogP contribution >= 0.6 is 23.2 Å². The number of hydrogen-bond acceptors (Lipinski definition) is 6. The normalized spacial score (nSPS) is 14.6. The molecule has 9 nitrogen and oxygen atoms in total. The first-order valence-corrected chi connectivity index (χ1v) is 9.80. The highest BCUT2D eigenvalue weighted by molar-refractivity contribution is 6.42. The second kappa shape index (κ2) is 11.1. The molecule has 30 heavy (non-hydrogen) atoms. The van der Waals surface area contributed by atoms with Gasteiger partial charge in [-0.3, -0.25) is 9.69 Å².